The van der Waals surface area contributed by atoms with E-state index in [1.165, 1.54) is 11.8 Å². The van der Waals surface area contributed by atoms with E-state index in [1.54, 1.807) is 6.26 Å². The monoisotopic (exact) mass is 351 g/mol. The lowest BCUT2D eigenvalue weighted by Gasteiger charge is -2.30. The molecule has 1 fully saturated rings. The number of alkyl halides is 3. The van der Waals surface area contributed by atoms with Crippen molar-refractivity contribution in [2.24, 2.45) is 5.92 Å². The van der Waals surface area contributed by atoms with Crippen LogP contribution in [0.25, 0.3) is 0 Å². The van der Waals surface area contributed by atoms with Crippen LogP contribution in [0.5, 0.6) is 0 Å². The van der Waals surface area contributed by atoms with E-state index in [2.05, 4.69) is 5.32 Å². The zero-order valence-corrected chi connectivity index (χ0v) is 13.1. The van der Waals surface area contributed by atoms with E-state index in [0.29, 0.717) is 0 Å². The average molecular weight is 351 g/mol. The highest BCUT2D eigenvalue weighted by atomic mass is 32.2. The molecule has 0 aromatic heterocycles. The van der Waals surface area contributed by atoms with E-state index in [1.807, 2.05) is 0 Å². The predicted octanol–water partition coefficient (Wildman–Crippen LogP) is 3.61. The summed E-state index contributed by atoms with van der Waals surface area (Å²) in [5.74, 6) is -1.85. The summed E-state index contributed by atoms with van der Waals surface area (Å²) in [7, 11) is 0. The molecule has 0 bridgehead atoms. The largest absolute Gasteiger partial charge is 0.480 e. The van der Waals surface area contributed by atoms with Crippen LogP contribution in [0.4, 0.5) is 17.6 Å². The molecule has 2 rings (SSSR count). The first-order valence-electron chi connectivity index (χ1n) is 7.08. The summed E-state index contributed by atoms with van der Waals surface area (Å²) in [6.45, 7) is 0. The van der Waals surface area contributed by atoms with Crippen LogP contribution in [0.15, 0.2) is 24.3 Å². The number of hydrogen-bond donors (Lipinski definition) is 2. The van der Waals surface area contributed by atoms with E-state index < -0.39 is 35.3 Å². The van der Waals surface area contributed by atoms with Crippen LogP contribution in [0.2, 0.25) is 0 Å². The number of carboxylic acids is 1. The van der Waals surface area contributed by atoms with Crippen LogP contribution in [0.3, 0.4) is 0 Å². The van der Waals surface area contributed by atoms with Gasteiger partial charge < -0.3 is 5.11 Å². The van der Waals surface area contributed by atoms with Gasteiger partial charge in [-0.05, 0) is 42.7 Å². The maximum Gasteiger partial charge on any atom is 0.407 e. The Balaban J connectivity index is 2.27. The minimum Gasteiger partial charge on any atom is -0.480 e. The Morgan fingerprint density at radius 3 is 2.26 bits per heavy atom. The standard InChI is InChI=1S/C15H17F4NO2S/c1-23-12(8-2-3-8)11(14(21)22)20-13(15(17,18)19)9-4-6-10(16)7-5-9/h4-8,11-13,20H,2-3H2,1H3,(H,21,22)/t11?,12?,13-/m0/s1. The molecule has 0 saturated heterocycles. The Morgan fingerprint density at radius 2 is 1.87 bits per heavy atom. The maximum absolute atomic E-state index is 13.4. The third-order valence-corrected chi connectivity index (χ3v) is 5.03. The lowest BCUT2D eigenvalue weighted by Crippen LogP contribution is -2.50. The molecule has 128 valence electrons. The van der Waals surface area contributed by atoms with Crippen molar-refractivity contribution in [2.45, 2.75) is 36.4 Å². The summed E-state index contributed by atoms with van der Waals surface area (Å²) < 4.78 is 53.0. The normalized spacial score (nSPS) is 19.2. The number of halogens is 4. The Labute approximate surface area is 135 Å². The fourth-order valence-corrected chi connectivity index (χ4v) is 3.67. The molecule has 8 heteroatoms. The Hall–Kier alpha value is -1.28. The minimum atomic E-state index is -4.68. The van der Waals surface area contributed by atoms with E-state index >= 15 is 0 Å². The quantitative estimate of drug-likeness (QED) is 0.737. The van der Waals surface area contributed by atoms with Crippen molar-refractivity contribution < 1.29 is 27.5 Å². The summed E-state index contributed by atoms with van der Waals surface area (Å²) >= 11 is 1.26. The van der Waals surface area contributed by atoms with Gasteiger partial charge in [0.2, 0.25) is 0 Å². The van der Waals surface area contributed by atoms with Crippen LogP contribution < -0.4 is 5.32 Å². The summed E-state index contributed by atoms with van der Waals surface area (Å²) in [4.78, 5) is 11.5. The van der Waals surface area contributed by atoms with E-state index in [4.69, 9.17) is 0 Å². The van der Waals surface area contributed by atoms with Gasteiger partial charge in [0.15, 0.2) is 0 Å². The van der Waals surface area contributed by atoms with Crippen molar-refractivity contribution in [3.63, 3.8) is 0 Å². The molecule has 0 heterocycles. The third-order valence-electron chi connectivity index (χ3n) is 3.83. The molecule has 0 spiro atoms. The van der Waals surface area contributed by atoms with E-state index in [-0.39, 0.29) is 11.5 Å². The molecular formula is C15H17F4NO2S. The third kappa shape index (κ3) is 4.60. The van der Waals surface area contributed by atoms with Gasteiger partial charge in [-0.15, -0.1) is 0 Å². The number of benzene rings is 1. The van der Waals surface area contributed by atoms with Gasteiger partial charge in [0.05, 0.1) is 0 Å². The maximum atomic E-state index is 13.4. The number of aliphatic carboxylic acids is 1. The fraction of sp³-hybridized carbons (Fsp3) is 0.533. The number of carbonyl (C=O) groups is 1. The molecule has 3 nitrogen and oxygen atoms in total. The van der Waals surface area contributed by atoms with Crippen molar-refractivity contribution in [1.82, 2.24) is 5.32 Å². The zero-order chi connectivity index (χ0) is 17.2. The molecule has 3 atom stereocenters. The highest BCUT2D eigenvalue weighted by molar-refractivity contribution is 7.99. The van der Waals surface area contributed by atoms with Gasteiger partial charge in [0.1, 0.15) is 17.9 Å². The van der Waals surface area contributed by atoms with Gasteiger partial charge in [-0.2, -0.15) is 24.9 Å². The van der Waals surface area contributed by atoms with E-state index in [0.717, 1.165) is 37.1 Å². The Bertz CT molecular complexity index is 545. The molecule has 0 aliphatic heterocycles. The first kappa shape index (κ1) is 18.1. The lowest BCUT2D eigenvalue weighted by atomic mass is 10.0. The van der Waals surface area contributed by atoms with Crippen molar-refractivity contribution >= 4 is 17.7 Å². The second-order valence-electron chi connectivity index (χ2n) is 5.55. The average Bonchev–Trinajstić information content (AvgIpc) is 3.27. The molecule has 1 aliphatic rings. The Kier molecular flexibility index (Phi) is 5.57. The second kappa shape index (κ2) is 7.09. The summed E-state index contributed by atoms with van der Waals surface area (Å²) in [6.07, 6.45) is -1.34. The van der Waals surface area contributed by atoms with Gasteiger partial charge in [-0.3, -0.25) is 10.1 Å². The minimum absolute atomic E-state index is 0.112. The number of rotatable bonds is 7. The zero-order valence-electron chi connectivity index (χ0n) is 12.3. The van der Waals surface area contributed by atoms with Crippen molar-refractivity contribution in [3.05, 3.63) is 35.6 Å². The topological polar surface area (TPSA) is 49.3 Å². The first-order chi connectivity index (χ1) is 10.7. The van der Waals surface area contributed by atoms with Gasteiger partial charge in [-0.1, -0.05) is 12.1 Å². The highest BCUT2D eigenvalue weighted by Gasteiger charge is 2.46. The highest BCUT2D eigenvalue weighted by Crippen LogP contribution is 2.41. The summed E-state index contributed by atoms with van der Waals surface area (Å²) in [5, 5.41) is 11.2. The molecule has 0 radical (unpaired) electrons. The first-order valence-corrected chi connectivity index (χ1v) is 8.36. The van der Waals surface area contributed by atoms with E-state index in [9.17, 15) is 27.5 Å². The van der Waals surface area contributed by atoms with Crippen LogP contribution in [-0.4, -0.2) is 34.8 Å². The molecule has 1 aliphatic carbocycles. The summed E-state index contributed by atoms with van der Waals surface area (Å²) in [5.41, 5.74) is -0.208. The molecule has 23 heavy (non-hydrogen) atoms. The predicted molar refractivity (Wildman–Crippen MR) is 79.8 cm³/mol. The number of hydrogen-bond acceptors (Lipinski definition) is 3. The molecular weight excluding hydrogens is 334 g/mol. The van der Waals surface area contributed by atoms with Gasteiger partial charge in [0.25, 0.3) is 0 Å². The molecule has 2 N–H and O–H groups in total. The summed E-state index contributed by atoms with van der Waals surface area (Å²) in [6, 6.07) is 0.415. The van der Waals surface area contributed by atoms with Gasteiger partial charge >= 0.3 is 12.1 Å². The van der Waals surface area contributed by atoms with Crippen molar-refractivity contribution in [2.75, 3.05) is 6.26 Å². The van der Waals surface area contributed by atoms with Crippen molar-refractivity contribution in [1.29, 1.82) is 0 Å². The van der Waals surface area contributed by atoms with Gasteiger partial charge in [0, 0.05) is 5.25 Å². The molecule has 0 amide bonds. The smallest absolute Gasteiger partial charge is 0.407 e. The van der Waals surface area contributed by atoms with Crippen LogP contribution in [0.1, 0.15) is 24.4 Å². The van der Waals surface area contributed by atoms with Crippen LogP contribution in [-0.2, 0) is 4.79 Å². The molecule has 1 aromatic carbocycles. The molecule has 1 aromatic rings. The number of carboxylic acid groups (broad SMARTS) is 1. The Morgan fingerprint density at radius 1 is 1.30 bits per heavy atom. The van der Waals surface area contributed by atoms with Crippen molar-refractivity contribution in [3.8, 4) is 0 Å². The second-order valence-corrected chi connectivity index (χ2v) is 6.56. The van der Waals surface area contributed by atoms with Crippen LogP contribution >= 0.6 is 11.8 Å². The van der Waals surface area contributed by atoms with Crippen LogP contribution in [0, 0.1) is 11.7 Å². The number of nitrogens with one attached hydrogen (secondary N) is 1. The van der Waals surface area contributed by atoms with Gasteiger partial charge in [-0.25, -0.2) is 4.39 Å². The lowest BCUT2D eigenvalue weighted by molar-refractivity contribution is -0.163. The molecule has 2 unspecified atom stereocenters. The number of thioether (sulfide) groups is 1. The molecule has 1 saturated carbocycles. The fourth-order valence-electron chi connectivity index (χ4n) is 2.55. The SMILES string of the molecule is CSC(C1CC1)C(N[C@@H](c1ccc(F)cc1)C(F)(F)F)C(=O)O.